The summed E-state index contributed by atoms with van der Waals surface area (Å²) in [7, 11) is 1.35. The van der Waals surface area contributed by atoms with Crippen LogP contribution in [0.25, 0.3) is 0 Å². The van der Waals surface area contributed by atoms with Gasteiger partial charge in [-0.25, -0.2) is 0 Å². The smallest absolute Gasteiger partial charge is 0.416 e. The van der Waals surface area contributed by atoms with Crippen LogP contribution in [0.5, 0.6) is 11.5 Å². The Kier molecular flexibility index (Phi) is 9.39. The molecule has 0 aliphatic rings. The van der Waals surface area contributed by atoms with E-state index in [0.29, 0.717) is 12.2 Å². The second kappa shape index (κ2) is 13.1. The van der Waals surface area contributed by atoms with Gasteiger partial charge in [0.15, 0.2) is 0 Å². The van der Waals surface area contributed by atoms with E-state index in [1.54, 1.807) is 18.2 Å². The summed E-state index contributed by atoms with van der Waals surface area (Å²) in [6.07, 6.45) is -2.57. The van der Waals surface area contributed by atoms with E-state index in [0.717, 1.165) is 36.1 Å². The number of ether oxygens (including phenoxy) is 2. The second-order valence-electron chi connectivity index (χ2n) is 9.21. The van der Waals surface area contributed by atoms with Crippen LogP contribution in [0, 0.1) is 0 Å². The van der Waals surface area contributed by atoms with Gasteiger partial charge in [0.2, 0.25) is 0 Å². The molecule has 0 bridgehead atoms. The Balaban J connectivity index is 1.51. The number of aryl methyl sites for hydroxylation is 1. The number of hydrogen-bond acceptors (Lipinski definition) is 4. The summed E-state index contributed by atoms with van der Waals surface area (Å²) in [5, 5.41) is 3.49. The number of esters is 1. The molecule has 0 saturated carbocycles. The molecule has 0 amide bonds. The number of halogens is 3. The number of carbonyl (C=O) groups excluding carboxylic acids is 1. The van der Waals surface area contributed by atoms with Crippen molar-refractivity contribution in [2.45, 2.75) is 37.5 Å². The lowest BCUT2D eigenvalue weighted by Gasteiger charge is -2.25. The third-order valence-electron chi connectivity index (χ3n) is 6.39. The first-order chi connectivity index (χ1) is 18.8. The standard InChI is InChI=1S/C32H30F3NO3/c1-38-31(37)30(36-29(25-13-6-3-7-14-25)19-18-23-10-4-2-5-11-23)21-24-12-8-16-27(20-24)39-28-17-9-15-26(22-28)32(33,34)35/h2-17,20,22,29-30,36H,18-19,21H2,1H3/t29-,30+/m1/s1. The average Bonchev–Trinajstić information content (AvgIpc) is 2.95. The zero-order valence-corrected chi connectivity index (χ0v) is 21.5. The predicted molar refractivity (Wildman–Crippen MR) is 145 cm³/mol. The Morgan fingerprint density at radius 2 is 1.41 bits per heavy atom. The quantitative estimate of drug-likeness (QED) is 0.202. The summed E-state index contributed by atoms with van der Waals surface area (Å²) in [6, 6.07) is 31.0. The number of methoxy groups -OCH3 is 1. The van der Waals surface area contributed by atoms with Gasteiger partial charge in [-0.05, 0) is 66.3 Å². The van der Waals surface area contributed by atoms with E-state index in [4.69, 9.17) is 9.47 Å². The summed E-state index contributed by atoms with van der Waals surface area (Å²) in [4.78, 5) is 12.8. The molecule has 4 rings (SSSR count). The van der Waals surface area contributed by atoms with Gasteiger partial charge in [0.25, 0.3) is 0 Å². The normalized spacial score (nSPS) is 12.9. The minimum Gasteiger partial charge on any atom is -0.468 e. The highest BCUT2D eigenvalue weighted by atomic mass is 19.4. The fourth-order valence-corrected chi connectivity index (χ4v) is 4.43. The van der Waals surface area contributed by atoms with Gasteiger partial charge >= 0.3 is 12.1 Å². The molecule has 0 aliphatic heterocycles. The molecule has 0 aliphatic carbocycles. The third kappa shape index (κ3) is 8.19. The molecule has 0 unspecified atom stereocenters. The van der Waals surface area contributed by atoms with Gasteiger partial charge < -0.3 is 9.47 Å². The van der Waals surface area contributed by atoms with Crippen molar-refractivity contribution in [3.63, 3.8) is 0 Å². The summed E-state index contributed by atoms with van der Waals surface area (Å²) < 4.78 is 50.1. The number of carbonyl (C=O) groups is 1. The van der Waals surface area contributed by atoms with E-state index in [-0.39, 0.29) is 11.8 Å². The minimum absolute atomic E-state index is 0.0784. The van der Waals surface area contributed by atoms with Gasteiger partial charge in [-0.3, -0.25) is 10.1 Å². The van der Waals surface area contributed by atoms with Crippen LogP contribution >= 0.6 is 0 Å². The van der Waals surface area contributed by atoms with Crippen molar-refractivity contribution >= 4 is 5.97 Å². The predicted octanol–water partition coefficient (Wildman–Crippen LogP) is 7.55. The highest BCUT2D eigenvalue weighted by molar-refractivity contribution is 5.76. The van der Waals surface area contributed by atoms with Crippen molar-refractivity contribution in [3.8, 4) is 11.5 Å². The van der Waals surface area contributed by atoms with E-state index < -0.39 is 23.8 Å². The van der Waals surface area contributed by atoms with Crippen molar-refractivity contribution in [2.24, 2.45) is 0 Å². The molecule has 1 N–H and O–H groups in total. The Morgan fingerprint density at radius 1 is 0.795 bits per heavy atom. The summed E-state index contributed by atoms with van der Waals surface area (Å²) >= 11 is 0. The molecular weight excluding hydrogens is 503 g/mol. The summed E-state index contributed by atoms with van der Waals surface area (Å²) in [5.74, 6) is 0.0497. The Bertz CT molecular complexity index is 1340. The molecule has 39 heavy (non-hydrogen) atoms. The van der Waals surface area contributed by atoms with Gasteiger partial charge in [0.1, 0.15) is 17.5 Å². The van der Waals surface area contributed by atoms with Crippen molar-refractivity contribution in [1.82, 2.24) is 5.32 Å². The molecule has 0 spiro atoms. The zero-order valence-electron chi connectivity index (χ0n) is 21.5. The Hall–Kier alpha value is -4.10. The lowest BCUT2D eigenvalue weighted by molar-refractivity contribution is -0.143. The van der Waals surface area contributed by atoms with Crippen LogP contribution in [0.3, 0.4) is 0 Å². The van der Waals surface area contributed by atoms with Crippen LogP contribution < -0.4 is 10.1 Å². The highest BCUT2D eigenvalue weighted by Gasteiger charge is 2.30. The van der Waals surface area contributed by atoms with Gasteiger partial charge in [-0.1, -0.05) is 78.9 Å². The highest BCUT2D eigenvalue weighted by Crippen LogP contribution is 2.33. The SMILES string of the molecule is COC(=O)[C@H](Cc1cccc(Oc2cccc(C(F)(F)F)c2)c1)N[C@H](CCc1ccccc1)c1ccccc1. The Labute approximate surface area is 226 Å². The fraction of sp³-hybridized carbons (Fsp3) is 0.219. The topological polar surface area (TPSA) is 47.6 Å². The van der Waals surface area contributed by atoms with E-state index in [2.05, 4.69) is 17.4 Å². The number of rotatable bonds is 11. The number of nitrogens with one attached hydrogen (secondary N) is 1. The van der Waals surface area contributed by atoms with Crippen LogP contribution in [0.1, 0.15) is 34.7 Å². The summed E-state index contributed by atoms with van der Waals surface area (Å²) in [5.41, 5.74) is 2.25. The van der Waals surface area contributed by atoms with E-state index >= 15 is 0 Å². The van der Waals surface area contributed by atoms with Gasteiger partial charge in [-0.2, -0.15) is 13.2 Å². The molecule has 0 heterocycles. The number of benzene rings is 4. The molecule has 4 aromatic carbocycles. The van der Waals surface area contributed by atoms with E-state index in [9.17, 15) is 18.0 Å². The molecule has 2 atom stereocenters. The molecule has 4 aromatic rings. The maximum absolute atomic E-state index is 13.1. The van der Waals surface area contributed by atoms with Crippen LogP contribution in [0.15, 0.2) is 109 Å². The maximum Gasteiger partial charge on any atom is 0.416 e. The third-order valence-corrected chi connectivity index (χ3v) is 6.39. The molecule has 202 valence electrons. The first kappa shape index (κ1) is 27.9. The van der Waals surface area contributed by atoms with Gasteiger partial charge in [0, 0.05) is 6.04 Å². The molecule has 0 radical (unpaired) electrons. The van der Waals surface area contributed by atoms with E-state index in [1.165, 1.54) is 24.8 Å². The second-order valence-corrected chi connectivity index (χ2v) is 9.21. The van der Waals surface area contributed by atoms with Crippen molar-refractivity contribution < 1.29 is 27.4 Å². The molecule has 4 nitrogen and oxygen atoms in total. The molecular formula is C32H30F3NO3. The van der Waals surface area contributed by atoms with Crippen LogP contribution in [0.2, 0.25) is 0 Å². The zero-order chi connectivity index (χ0) is 27.7. The van der Waals surface area contributed by atoms with Crippen LogP contribution in [0.4, 0.5) is 13.2 Å². The van der Waals surface area contributed by atoms with Crippen molar-refractivity contribution in [2.75, 3.05) is 7.11 Å². The first-order valence-corrected chi connectivity index (χ1v) is 12.7. The number of alkyl halides is 3. The Morgan fingerprint density at radius 3 is 2.08 bits per heavy atom. The van der Waals surface area contributed by atoms with Crippen LogP contribution in [-0.4, -0.2) is 19.1 Å². The monoisotopic (exact) mass is 533 g/mol. The van der Waals surface area contributed by atoms with Crippen molar-refractivity contribution in [3.05, 3.63) is 131 Å². The largest absolute Gasteiger partial charge is 0.468 e. The number of hydrogen-bond donors (Lipinski definition) is 1. The first-order valence-electron chi connectivity index (χ1n) is 12.7. The average molecular weight is 534 g/mol. The molecule has 7 heteroatoms. The summed E-state index contributed by atoms with van der Waals surface area (Å²) in [6.45, 7) is 0. The van der Waals surface area contributed by atoms with Gasteiger partial charge in [0.05, 0.1) is 12.7 Å². The lowest BCUT2D eigenvalue weighted by atomic mass is 9.96. The molecule has 0 fully saturated rings. The van der Waals surface area contributed by atoms with Crippen molar-refractivity contribution in [1.29, 1.82) is 0 Å². The maximum atomic E-state index is 13.1. The van der Waals surface area contributed by atoms with Gasteiger partial charge in [-0.15, -0.1) is 0 Å². The van der Waals surface area contributed by atoms with E-state index in [1.807, 2.05) is 54.6 Å². The lowest BCUT2D eigenvalue weighted by Crippen LogP contribution is -2.41. The van der Waals surface area contributed by atoms with Crippen LogP contribution in [-0.2, 0) is 28.5 Å². The minimum atomic E-state index is -4.46. The molecule has 0 aromatic heterocycles. The molecule has 0 saturated heterocycles. The fourth-order valence-electron chi connectivity index (χ4n) is 4.43.